The van der Waals surface area contributed by atoms with Crippen LogP contribution in [0.2, 0.25) is 10.2 Å². The normalized spacial score (nSPS) is 14.3. The molecule has 0 bridgehead atoms. The van der Waals surface area contributed by atoms with Crippen molar-refractivity contribution in [1.82, 2.24) is 10.3 Å². The molecule has 0 fully saturated rings. The largest absolute Gasteiger partial charge is 0.444 e. The molecule has 1 aromatic rings. The van der Waals surface area contributed by atoms with Gasteiger partial charge in [-0.1, -0.05) is 23.2 Å². The van der Waals surface area contributed by atoms with Gasteiger partial charge in [-0.25, -0.2) is 9.78 Å². The molecule has 0 spiro atoms. The average molecular weight is 351 g/mol. The quantitative estimate of drug-likeness (QED) is 0.710. The maximum absolute atomic E-state index is 11.4. The summed E-state index contributed by atoms with van der Waals surface area (Å²) in [7, 11) is 0. The van der Waals surface area contributed by atoms with Gasteiger partial charge in [0.1, 0.15) is 16.9 Å². The smallest absolute Gasteiger partial charge is 0.407 e. The zero-order chi connectivity index (χ0) is 16.9. The number of ether oxygens (including phenoxy) is 1. The Bertz CT molecular complexity index is 520. The molecule has 0 aliphatic rings. The molecular weight excluding hydrogens is 331 g/mol. The van der Waals surface area contributed by atoms with E-state index < -0.39 is 23.9 Å². The van der Waals surface area contributed by atoms with Crippen LogP contribution in [0.5, 0.6) is 0 Å². The first-order valence-electron chi connectivity index (χ1n) is 6.74. The van der Waals surface area contributed by atoms with Gasteiger partial charge in [0, 0.05) is 18.3 Å². The molecule has 8 heteroatoms. The summed E-state index contributed by atoms with van der Waals surface area (Å²) >= 11 is 11.5. The second-order valence-corrected chi connectivity index (χ2v) is 6.54. The van der Waals surface area contributed by atoms with Crippen molar-refractivity contribution in [3.63, 3.8) is 0 Å². The molecule has 22 heavy (non-hydrogen) atoms. The third kappa shape index (κ3) is 6.36. The van der Waals surface area contributed by atoms with Crippen LogP contribution in [0.4, 0.5) is 4.79 Å². The van der Waals surface area contributed by atoms with Crippen molar-refractivity contribution in [2.45, 2.75) is 45.0 Å². The summed E-state index contributed by atoms with van der Waals surface area (Å²) in [6.45, 7) is 5.41. The van der Waals surface area contributed by atoms with E-state index in [1.54, 1.807) is 20.8 Å². The summed E-state index contributed by atoms with van der Waals surface area (Å²) in [6, 6.07) is 1.44. The van der Waals surface area contributed by atoms with Crippen LogP contribution >= 0.6 is 23.2 Å². The number of hydrogen-bond acceptors (Lipinski definition) is 5. The van der Waals surface area contributed by atoms with Gasteiger partial charge in [0.2, 0.25) is 0 Å². The summed E-state index contributed by atoms with van der Waals surface area (Å²) in [5, 5.41) is 22.8. The van der Waals surface area contributed by atoms with E-state index in [1.165, 1.54) is 12.3 Å². The van der Waals surface area contributed by atoms with Crippen molar-refractivity contribution in [1.29, 1.82) is 0 Å². The van der Waals surface area contributed by atoms with Crippen LogP contribution in [0.1, 0.15) is 38.9 Å². The molecule has 1 rings (SSSR count). The molecule has 2 atom stereocenters. The minimum atomic E-state index is -1.18. The van der Waals surface area contributed by atoms with Gasteiger partial charge in [0.15, 0.2) is 0 Å². The highest BCUT2D eigenvalue weighted by atomic mass is 35.5. The van der Waals surface area contributed by atoms with Gasteiger partial charge in [-0.3, -0.25) is 0 Å². The first-order valence-corrected chi connectivity index (χ1v) is 7.49. The fourth-order valence-corrected chi connectivity index (χ4v) is 1.89. The average Bonchev–Trinajstić information content (AvgIpc) is 2.38. The Morgan fingerprint density at radius 1 is 1.41 bits per heavy atom. The number of hydrogen-bond donors (Lipinski definition) is 3. The second kappa shape index (κ2) is 7.97. The molecule has 0 aliphatic carbocycles. The number of alkyl carbamates (subject to hydrolysis) is 1. The molecule has 0 saturated heterocycles. The van der Waals surface area contributed by atoms with Gasteiger partial charge in [0.05, 0.1) is 11.1 Å². The third-order valence-corrected chi connectivity index (χ3v) is 3.32. The highest BCUT2D eigenvalue weighted by molar-refractivity contribution is 6.41. The van der Waals surface area contributed by atoms with Gasteiger partial charge in [-0.2, -0.15) is 0 Å². The van der Waals surface area contributed by atoms with E-state index in [4.69, 9.17) is 27.9 Å². The van der Waals surface area contributed by atoms with Crippen molar-refractivity contribution < 1.29 is 19.7 Å². The van der Waals surface area contributed by atoms with E-state index in [9.17, 15) is 15.0 Å². The number of rotatable bonds is 5. The molecular formula is C14H20Cl2N2O4. The Balaban J connectivity index is 2.46. The fraction of sp³-hybridized carbons (Fsp3) is 0.571. The Morgan fingerprint density at radius 3 is 2.59 bits per heavy atom. The molecule has 0 saturated carbocycles. The molecule has 3 N–H and O–H groups in total. The Hall–Kier alpha value is -1.08. The van der Waals surface area contributed by atoms with E-state index >= 15 is 0 Å². The molecule has 6 nitrogen and oxygen atoms in total. The molecule has 1 aromatic heterocycles. The number of aromatic nitrogens is 1. The lowest BCUT2D eigenvalue weighted by Gasteiger charge is -2.21. The number of aliphatic hydroxyl groups excluding tert-OH is 2. The molecule has 1 amide bonds. The van der Waals surface area contributed by atoms with Crippen molar-refractivity contribution in [3.05, 3.63) is 28.0 Å². The maximum atomic E-state index is 11.4. The van der Waals surface area contributed by atoms with Crippen LogP contribution in [0.3, 0.4) is 0 Å². The lowest BCUT2D eigenvalue weighted by atomic mass is 10.0. The van der Waals surface area contributed by atoms with E-state index in [-0.39, 0.29) is 23.1 Å². The van der Waals surface area contributed by atoms with E-state index in [0.29, 0.717) is 5.56 Å². The standard InChI is InChI=1S/C14H20Cl2N2O4/c1-14(2,3)22-13(21)17-5-4-10(19)11(20)8-6-9(15)12(16)18-7-8/h6-7,10-11,19-20H,4-5H2,1-3H3,(H,17,21). The van der Waals surface area contributed by atoms with Crippen LogP contribution in [0.15, 0.2) is 12.3 Å². The number of nitrogens with zero attached hydrogens (tertiary/aromatic N) is 1. The third-order valence-electron chi connectivity index (χ3n) is 2.63. The van der Waals surface area contributed by atoms with E-state index in [1.807, 2.05) is 0 Å². The summed E-state index contributed by atoms with van der Waals surface area (Å²) in [4.78, 5) is 15.2. The van der Waals surface area contributed by atoms with Gasteiger partial charge in [-0.05, 0) is 33.3 Å². The van der Waals surface area contributed by atoms with Gasteiger partial charge >= 0.3 is 6.09 Å². The van der Waals surface area contributed by atoms with Gasteiger partial charge in [-0.15, -0.1) is 0 Å². The van der Waals surface area contributed by atoms with E-state index in [0.717, 1.165) is 0 Å². The van der Waals surface area contributed by atoms with E-state index in [2.05, 4.69) is 10.3 Å². The van der Waals surface area contributed by atoms with Crippen molar-refractivity contribution in [2.75, 3.05) is 6.54 Å². The number of aliphatic hydroxyl groups is 2. The number of carbonyl (C=O) groups is 1. The lowest BCUT2D eigenvalue weighted by molar-refractivity contribution is 0.0121. The second-order valence-electron chi connectivity index (χ2n) is 5.77. The molecule has 0 radical (unpaired) electrons. The Morgan fingerprint density at radius 2 is 2.05 bits per heavy atom. The number of halogens is 2. The molecule has 1 heterocycles. The summed E-state index contributed by atoms with van der Waals surface area (Å²) in [5.41, 5.74) is -0.243. The van der Waals surface area contributed by atoms with Crippen molar-refractivity contribution >= 4 is 29.3 Å². The number of nitrogens with one attached hydrogen (secondary N) is 1. The summed E-state index contributed by atoms with van der Waals surface area (Å²) in [5.74, 6) is 0. The fourth-order valence-electron chi connectivity index (χ4n) is 1.61. The van der Waals surface area contributed by atoms with Crippen molar-refractivity contribution in [3.8, 4) is 0 Å². The first-order chi connectivity index (χ1) is 10.1. The topological polar surface area (TPSA) is 91.7 Å². The van der Waals surface area contributed by atoms with Gasteiger partial charge in [0.25, 0.3) is 0 Å². The minimum Gasteiger partial charge on any atom is -0.444 e. The van der Waals surface area contributed by atoms with Crippen LogP contribution in [0.25, 0.3) is 0 Å². The van der Waals surface area contributed by atoms with Crippen molar-refractivity contribution in [2.24, 2.45) is 0 Å². The van der Waals surface area contributed by atoms with Crippen LogP contribution in [0, 0.1) is 0 Å². The Kier molecular flexibility index (Phi) is 6.87. The zero-order valence-corrected chi connectivity index (χ0v) is 14.1. The van der Waals surface area contributed by atoms with Crippen LogP contribution < -0.4 is 5.32 Å². The maximum Gasteiger partial charge on any atom is 0.407 e. The predicted octanol–water partition coefficient (Wildman–Crippen LogP) is 2.70. The highest BCUT2D eigenvalue weighted by Crippen LogP contribution is 2.25. The predicted molar refractivity (Wildman–Crippen MR) is 84.1 cm³/mol. The van der Waals surface area contributed by atoms with Crippen LogP contribution in [-0.4, -0.2) is 39.5 Å². The van der Waals surface area contributed by atoms with Gasteiger partial charge < -0.3 is 20.3 Å². The monoisotopic (exact) mass is 350 g/mol. The molecule has 0 aliphatic heterocycles. The summed E-state index contributed by atoms with van der Waals surface area (Å²) < 4.78 is 5.06. The first kappa shape index (κ1) is 19.0. The molecule has 2 unspecified atom stereocenters. The SMILES string of the molecule is CC(C)(C)OC(=O)NCCC(O)C(O)c1cnc(Cl)c(Cl)c1. The summed E-state index contributed by atoms with van der Waals surface area (Å²) in [6.07, 6.45) is -1.37. The number of amides is 1. The number of carbonyl (C=O) groups excluding carboxylic acids is 1. The lowest BCUT2D eigenvalue weighted by Crippen LogP contribution is -2.34. The van der Waals surface area contributed by atoms with Crippen LogP contribution in [-0.2, 0) is 4.74 Å². The minimum absolute atomic E-state index is 0.124. The Labute approximate surface area is 139 Å². The zero-order valence-electron chi connectivity index (χ0n) is 12.6. The highest BCUT2D eigenvalue weighted by Gasteiger charge is 2.21. The molecule has 124 valence electrons. The molecule has 0 aromatic carbocycles. The number of pyridine rings is 1.